The molecule has 1 amide bonds. The second-order valence-corrected chi connectivity index (χ2v) is 8.70. The number of rotatable bonds is 7. The average molecular weight is 503 g/mol. The Labute approximate surface area is 203 Å². The molecule has 0 radical (unpaired) electrons. The summed E-state index contributed by atoms with van der Waals surface area (Å²) in [5, 5.41) is 11.8. The first-order valence-corrected chi connectivity index (χ1v) is 11.3. The van der Waals surface area contributed by atoms with Crippen molar-refractivity contribution in [3.63, 3.8) is 0 Å². The van der Waals surface area contributed by atoms with Crippen molar-refractivity contribution in [2.24, 2.45) is 0 Å². The van der Waals surface area contributed by atoms with Crippen molar-refractivity contribution >= 4 is 28.7 Å². The van der Waals surface area contributed by atoms with Crippen LogP contribution in [-0.2, 0) is 6.18 Å². The molecule has 0 fully saturated rings. The van der Waals surface area contributed by atoms with E-state index in [4.69, 9.17) is 5.11 Å². The van der Waals surface area contributed by atoms with Crippen LogP contribution in [0.3, 0.4) is 0 Å². The highest BCUT2D eigenvalue weighted by Gasteiger charge is 2.32. The Hall–Kier alpha value is -3.62. The predicted octanol–water partition coefficient (Wildman–Crippen LogP) is 4.62. The van der Waals surface area contributed by atoms with Gasteiger partial charge in [0.1, 0.15) is 22.6 Å². The monoisotopic (exact) mass is 502 g/mol. The Morgan fingerprint density at radius 3 is 2.69 bits per heavy atom. The molecular formula is C24H21F3N4O3S. The molecule has 1 atom stereocenters. The van der Waals surface area contributed by atoms with Gasteiger partial charge in [-0.05, 0) is 30.5 Å². The normalized spacial score (nSPS) is 11.9. The quantitative estimate of drug-likeness (QED) is 0.361. The molecule has 7 nitrogen and oxygen atoms in total. The lowest BCUT2D eigenvalue weighted by molar-refractivity contribution is -0.138. The van der Waals surface area contributed by atoms with Gasteiger partial charge in [0.05, 0.1) is 23.4 Å². The predicted molar refractivity (Wildman–Crippen MR) is 124 cm³/mol. The lowest BCUT2D eigenvalue weighted by Crippen LogP contribution is -2.13. The fourth-order valence-electron chi connectivity index (χ4n) is 3.08. The van der Waals surface area contributed by atoms with Crippen LogP contribution in [0.5, 0.6) is 0 Å². The molecule has 1 unspecified atom stereocenters. The minimum absolute atomic E-state index is 0.0211. The molecule has 2 N–H and O–H groups in total. The molecule has 0 saturated carbocycles. The van der Waals surface area contributed by atoms with E-state index < -0.39 is 17.6 Å². The fraction of sp³-hybridized carbons (Fsp3) is 0.292. The van der Waals surface area contributed by atoms with E-state index in [9.17, 15) is 22.8 Å². The molecule has 0 saturated heterocycles. The number of carbonyl (C=O) groups excluding carboxylic acids is 2. The van der Waals surface area contributed by atoms with Gasteiger partial charge in [0.2, 0.25) is 0 Å². The van der Waals surface area contributed by atoms with Gasteiger partial charge in [0.15, 0.2) is 5.78 Å². The van der Waals surface area contributed by atoms with Crippen LogP contribution in [0.2, 0.25) is 0 Å². The van der Waals surface area contributed by atoms with Gasteiger partial charge in [0, 0.05) is 30.5 Å². The fourth-order valence-corrected chi connectivity index (χ4v) is 3.94. The first kappa shape index (κ1) is 26.0. The Bertz CT molecular complexity index is 1290. The lowest BCUT2D eigenvalue weighted by Gasteiger charge is -2.12. The van der Waals surface area contributed by atoms with Crippen LogP contribution in [0.4, 0.5) is 18.9 Å². The number of anilines is 1. The van der Waals surface area contributed by atoms with Crippen molar-refractivity contribution < 1.29 is 27.9 Å². The van der Waals surface area contributed by atoms with Gasteiger partial charge in [-0.15, -0.1) is 11.3 Å². The summed E-state index contributed by atoms with van der Waals surface area (Å²) in [6, 6.07) is 5.05. The Kier molecular flexibility index (Phi) is 8.32. The second kappa shape index (κ2) is 11.2. The summed E-state index contributed by atoms with van der Waals surface area (Å²) < 4.78 is 39.4. The zero-order valence-corrected chi connectivity index (χ0v) is 19.6. The summed E-state index contributed by atoms with van der Waals surface area (Å²) in [5.41, 5.74) is -0.188. The molecule has 0 aliphatic carbocycles. The minimum Gasteiger partial charge on any atom is -0.395 e. The highest BCUT2D eigenvalue weighted by molar-refractivity contribution is 7.13. The number of carbonyl (C=O) groups is 2. The Morgan fingerprint density at radius 2 is 1.97 bits per heavy atom. The second-order valence-electron chi connectivity index (χ2n) is 7.64. The first-order valence-electron chi connectivity index (χ1n) is 10.5. The highest BCUT2D eigenvalue weighted by atomic mass is 32.1. The van der Waals surface area contributed by atoms with E-state index in [1.54, 1.807) is 6.92 Å². The van der Waals surface area contributed by atoms with Gasteiger partial charge in [0.25, 0.3) is 5.91 Å². The zero-order valence-electron chi connectivity index (χ0n) is 18.8. The van der Waals surface area contributed by atoms with Gasteiger partial charge < -0.3 is 10.4 Å². The third-order valence-electron chi connectivity index (χ3n) is 4.87. The smallest absolute Gasteiger partial charge is 0.395 e. The SMILES string of the molecule is Cc1ccc(NC(=O)c2cnc(C(C)CC(=O)c3cc(C#CCCO)ncn3)s2)cc1C(F)(F)F. The van der Waals surface area contributed by atoms with Gasteiger partial charge in [-0.2, -0.15) is 13.2 Å². The van der Waals surface area contributed by atoms with Crippen LogP contribution < -0.4 is 5.32 Å². The summed E-state index contributed by atoms with van der Waals surface area (Å²) in [5.74, 6) is 4.29. The van der Waals surface area contributed by atoms with Crippen LogP contribution in [0.1, 0.15) is 67.7 Å². The number of aromatic nitrogens is 3. The van der Waals surface area contributed by atoms with E-state index in [0.717, 1.165) is 17.4 Å². The van der Waals surface area contributed by atoms with Gasteiger partial charge >= 0.3 is 6.18 Å². The third-order valence-corrected chi connectivity index (χ3v) is 6.10. The summed E-state index contributed by atoms with van der Waals surface area (Å²) in [6.07, 6.45) is -1.60. The minimum atomic E-state index is -4.53. The van der Waals surface area contributed by atoms with Crippen LogP contribution in [-0.4, -0.2) is 38.4 Å². The summed E-state index contributed by atoms with van der Waals surface area (Å²) >= 11 is 1.06. The number of alkyl halides is 3. The molecule has 2 heterocycles. The number of amides is 1. The lowest BCUT2D eigenvalue weighted by atomic mass is 10.0. The molecule has 3 aromatic rings. The maximum Gasteiger partial charge on any atom is 0.416 e. The molecule has 11 heteroatoms. The molecule has 1 aromatic carbocycles. The van der Waals surface area contributed by atoms with Crippen LogP contribution >= 0.6 is 11.3 Å². The number of ketones is 1. The number of Topliss-reactive ketones (excluding diaryl/α,β-unsaturated/α-hetero) is 1. The number of aliphatic hydroxyl groups is 1. The molecule has 3 rings (SSSR count). The largest absolute Gasteiger partial charge is 0.416 e. The van der Waals surface area contributed by atoms with Crippen molar-refractivity contribution in [2.45, 2.75) is 38.8 Å². The zero-order chi connectivity index (χ0) is 25.6. The van der Waals surface area contributed by atoms with E-state index in [1.807, 2.05) is 0 Å². The maximum absolute atomic E-state index is 13.1. The molecule has 2 aromatic heterocycles. The average Bonchev–Trinajstić information content (AvgIpc) is 3.31. The molecule has 0 spiro atoms. The van der Waals surface area contributed by atoms with Crippen molar-refractivity contribution in [1.29, 1.82) is 0 Å². The molecule has 182 valence electrons. The number of halogens is 3. The third kappa shape index (κ3) is 6.94. The van der Waals surface area contributed by atoms with Crippen LogP contribution in [0.15, 0.2) is 36.8 Å². The molecule has 35 heavy (non-hydrogen) atoms. The van der Waals surface area contributed by atoms with Gasteiger partial charge in [-0.3, -0.25) is 9.59 Å². The van der Waals surface area contributed by atoms with Gasteiger partial charge in [-0.25, -0.2) is 15.0 Å². The number of hydrogen-bond donors (Lipinski definition) is 2. The molecular weight excluding hydrogens is 481 g/mol. The van der Waals surface area contributed by atoms with E-state index in [1.165, 1.54) is 37.6 Å². The number of aryl methyl sites for hydroxylation is 1. The number of nitrogens with one attached hydrogen (secondary N) is 1. The number of thiazole rings is 1. The number of aliphatic hydroxyl groups excluding tert-OH is 1. The summed E-state index contributed by atoms with van der Waals surface area (Å²) in [4.78, 5) is 37.6. The van der Waals surface area contributed by atoms with Gasteiger partial charge in [-0.1, -0.05) is 18.9 Å². The number of hydrogen-bond acceptors (Lipinski definition) is 7. The van der Waals surface area contributed by atoms with E-state index in [-0.39, 0.29) is 53.0 Å². The highest BCUT2D eigenvalue weighted by Crippen LogP contribution is 2.34. The first-order chi connectivity index (χ1) is 16.6. The summed E-state index contributed by atoms with van der Waals surface area (Å²) in [7, 11) is 0. The van der Waals surface area contributed by atoms with Crippen molar-refractivity contribution in [1.82, 2.24) is 15.0 Å². The number of nitrogens with zero attached hydrogens (tertiary/aromatic N) is 3. The number of benzene rings is 1. The van der Waals surface area contributed by atoms with E-state index in [2.05, 4.69) is 32.1 Å². The van der Waals surface area contributed by atoms with E-state index >= 15 is 0 Å². The summed E-state index contributed by atoms with van der Waals surface area (Å²) in [6.45, 7) is 3.05. The van der Waals surface area contributed by atoms with Crippen molar-refractivity contribution in [3.8, 4) is 11.8 Å². The van der Waals surface area contributed by atoms with Crippen LogP contribution in [0.25, 0.3) is 0 Å². The Morgan fingerprint density at radius 1 is 1.20 bits per heavy atom. The maximum atomic E-state index is 13.1. The standard InChI is InChI=1S/C24H21F3N4O3S/c1-14-6-7-17(10-18(14)24(25,26)27)31-22(34)21-12-28-23(35-21)15(2)9-20(33)19-11-16(29-13-30-19)5-3-4-8-32/h6-7,10-13,15,32H,4,8-9H2,1-2H3,(H,31,34). The molecule has 0 bridgehead atoms. The van der Waals surface area contributed by atoms with E-state index in [0.29, 0.717) is 10.7 Å². The molecule has 0 aliphatic heterocycles. The van der Waals surface area contributed by atoms with Crippen molar-refractivity contribution in [3.05, 3.63) is 69.2 Å². The molecule has 0 aliphatic rings. The topological polar surface area (TPSA) is 105 Å². The van der Waals surface area contributed by atoms with Crippen LogP contribution in [0, 0.1) is 18.8 Å². The van der Waals surface area contributed by atoms with Crippen molar-refractivity contribution in [2.75, 3.05) is 11.9 Å². The Balaban J connectivity index is 1.66.